The minimum atomic E-state index is 0.0377. The molecule has 1 amide bonds. The normalized spacial score (nSPS) is 16.6. The zero-order valence-corrected chi connectivity index (χ0v) is 16.1. The molecule has 1 aromatic carbocycles. The van der Waals surface area contributed by atoms with Crippen molar-refractivity contribution in [1.82, 2.24) is 9.88 Å². The van der Waals surface area contributed by atoms with E-state index in [4.69, 9.17) is 9.84 Å². The summed E-state index contributed by atoms with van der Waals surface area (Å²) < 4.78 is 5.76. The van der Waals surface area contributed by atoms with Crippen LogP contribution < -0.4 is 4.74 Å². The molecule has 3 rings (SSSR count). The van der Waals surface area contributed by atoms with Crippen LogP contribution in [0.5, 0.6) is 5.75 Å². The van der Waals surface area contributed by atoms with Gasteiger partial charge in [0, 0.05) is 18.8 Å². The van der Waals surface area contributed by atoms with E-state index in [1.165, 1.54) is 5.56 Å². The van der Waals surface area contributed by atoms with Crippen molar-refractivity contribution in [3.05, 3.63) is 58.9 Å². The Morgan fingerprint density at radius 1 is 1.22 bits per heavy atom. The molecule has 1 atom stereocenters. The van der Waals surface area contributed by atoms with Gasteiger partial charge in [0.1, 0.15) is 5.75 Å². The highest BCUT2D eigenvalue weighted by Gasteiger charge is 2.26. The maximum atomic E-state index is 12.5. The highest BCUT2D eigenvalue weighted by Crippen LogP contribution is 2.22. The van der Waals surface area contributed by atoms with E-state index in [1.807, 2.05) is 43.0 Å². The molecule has 5 nitrogen and oxygen atoms in total. The second-order valence-electron chi connectivity index (χ2n) is 7.21. The van der Waals surface area contributed by atoms with Crippen LogP contribution in [0.1, 0.15) is 35.9 Å². The molecule has 27 heavy (non-hydrogen) atoms. The van der Waals surface area contributed by atoms with Gasteiger partial charge in [-0.1, -0.05) is 31.2 Å². The standard InChI is InChI=1S/C22H28N2O3/c1-3-20-21(9-4-16(2)23-20)27-15-22(26)24-11-10-19(13-24)12-17-5-7-18(14-25)8-6-17/h4-9,19,25H,3,10-15H2,1-2H3. The van der Waals surface area contributed by atoms with E-state index in [2.05, 4.69) is 17.1 Å². The average Bonchev–Trinajstić information content (AvgIpc) is 3.16. The monoisotopic (exact) mass is 368 g/mol. The second kappa shape index (κ2) is 9.00. The third kappa shape index (κ3) is 5.07. The molecule has 0 saturated carbocycles. The van der Waals surface area contributed by atoms with Crippen LogP contribution in [0, 0.1) is 12.8 Å². The summed E-state index contributed by atoms with van der Waals surface area (Å²) in [5.41, 5.74) is 4.03. The number of aromatic nitrogens is 1. The van der Waals surface area contributed by atoms with Gasteiger partial charge in [-0.2, -0.15) is 0 Å². The molecule has 2 heterocycles. The first kappa shape index (κ1) is 19.4. The number of carbonyl (C=O) groups is 1. The molecule has 0 spiro atoms. The van der Waals surface area contributed by atoms with Crippen LogP contribution in [0.2, 0.25) is 0 Å². The van der Waals surface area contributed by atoms with Crippen LogP contribution in [-0.2, 0) is 24.2 Å². The van der Waals surface area contributed by atoms with Gasteiger partial charge in [-0.3, -0.25) is 9.78 Å². The lowest BCUT2D eigenvalue weighted by Gasteiger charge is -2.18. The van der Waals surface area contributed by atoms with E-state index < -0.39 is 0 Å². The van der Waals surface area contributed by atoms with Crippen molar-refractivity contribution >= 4 is 5.91 Å². The molecule has 1 unspecified atom stereocenters. The van der Waals surface area contributed by atoms with Gasteiger partial charge in [-0.25, -0.2) is 0 Å². The number of aliphatic hydroxyl groups excluding tert-OH is 1. The van der Waals surface area contributed by atoms with Crippen LogP contribution in [0.25, 0.3) is 0 Å². The number of nitrogens with zero attached hydrogens (tertiary/aromatic N) is 2. The molecule has 0 aliphatic carbocycles. The Morgan fingerprint density at radius 2 is 1.96 bits per heavy atom. The Hall–Kier alpha value is -2.40. The average molecular weight is 368 g/mol. The Bertz CT molecular complexity index is 774. The van der Waals surface area contributed by atoms with Crippen molar-refractivity contribution < 1.29 is 14.6 Å². The van der Waals surface area contributed by atoms with E-state index >= 15 is 0 Å². The lowest BCUT2D eigenvalue weighted by atomic mass is 9.98. The Labute approximate surface area is 161 Å². The van der Waals surface area contributed by atoms with Crippen molar-refractivity contribution in [3.8, 4) is 5.75 Å². The maximum Gasteiger partial charge on any atom is 0.260 e. The molecule has 0 radical (unpaired) electrons. The minimum Gasteiger partial charge on any atom is -0.482 e. The zero-order valence-electron chi connectivity index (χ0n) is 16.1. The summed E-state index contributed by atoms with van der Waals surface area (Å²) in [4.78, 5) is 18.9. The van der Waals surface area contributed by atoms with Crippen molar-refractivity contribution in [2.75, 3.05) is 19.7 Å². The fraction of sp³-hybridized carbons (Fsp3) is 0.455. The SMILES string of the molecule is CCc1nc(C)ccc1OCC(=O)N1CCC(Cc2ccc(CO)cc2)C1. The fourth-order valence-electron chi connectivity index (χ4n) is 3.55. The molecular weight excluding hydrogens is 340 g/mol. The summed E-state index contributed by atoms with van der Waals surface area (Å²) in [5, 5.41) is 9.13. The third-order valence-corrected chi connectivity index (χ3v) is 5.13. The Balaban J connectivity index is 1.50. The minimum absolute atomic E-state index is 0.0377. The number of carbonyl (C=O) groups excluding carboxylic acids is 1. The lowest BCUT2D eigenvalue weighted by Crippen LogP contribution is -2.33. The number of aryl methyl sites for hydroxylation is 2. The fourth-order valence-corrected chi connectivity index (χ4v) is 3.55. The van der Waals surface area contributed by atoms with Crippen LogP contribution in [0.4, 0.5) is 0 Å². The molecule has 5 heteroatoms. The molecule has 1 aromatic heterocycles. The molecule has 1 aliphatic rings. The highest BCUT2D eigenvalue weighted by molar-refractivity contribution is 5.78. The van der Waals surface area contributed by atoms with Gasteiger partial charge in [0.2, 0.25) is 0 Å². The van der Waals surface area contributed by atoms with Gasteiger partial charge in [-0.15, -0.1) is 0 Å². The number of pyridine rings is 1. The lowest BCUT2D eigenvalue weighted by molar-refractivity contribution is -0.132. The molecule has 0 bridgehead atoms. The van der Waals surface area contributed by atoms with Crippen LogP contribution in [-0.4, -0.2) is 40.6 Å². The van der Waals surface area contributed by atoms with Crippen molar-refractivity contribution in [2.45, 2.75) is 39.7 Å². The summed E-state index contributed by atoms with van der Waals surface area (Å²) in [5.74, 6) is 1.22. The number of amides is 1. The number of hydrogen-bond donors (Lipinski definition) is 1. The number of rotatable bonds is 7. The number of hydrogen-bond acceptors (Lipinski definition) is 4. The third-order valence-electron chi connectivity index (χ3n) is 5.13. The predicted molar refractivity (Wildman–Crippen MR) is 105 cm³/mol. The van der Waals surface area contributed by atoms with E-state index in [9.17, 15) is 4.79 Å². The molecule has 2 aromatic rings. The van der Waals surface area contributed by atoms with Crippen molar-refractivity contribution in [2.24, 2.45) is 5.92 Å². The smallest absolute Gasteiger partial charge is 0.260 e. The Kier molecular flexibility index (Phi) is 6.45. The van der Waals surface area contributed by atoms with Gasteiger partial charge in [0.05, 0.1) is 12.3 Å². The summed E-state index contributed by atoms with van der Waals surface area (Å²) in [6.45, 7) is 5.69. The molecule has 1 aliphatic heterocycles. The predicted octanol–water partition coefficient (Wildman–Crippen LogP) is 2.91. The number of ether oxygens (including phenoxy) is 1. The van der Waals surface area contributed by atoms with E-state index in [-0.39, 0.29) is 19.1 Å². The topological polar surface area (TPSA) is 62.7 Å². The number of benzene rings is 1. The first-order chi connectivity index (χ1) is 13.1. The van der Waals surface area contributed by atoms with Gasteiger partial charge in [-0.05, 0) is 55.4 Å². The largest absolute Gasteiger partial charge is 0.482 e. The molecule has 144 valence electrons. The quantitative estimate of drug-likeness (QED) is 0.816. The van der Waals surface area contributed by atoms with Crippen LogP contribution in [0.15, 0.2) is 36.4 Å². The van der Waals surface area contributed by atoms with E-state index in [1.54, 1.807) is 0 Å². The van der Waals surface area contributed by atoms with Crippen molar-refractivity contribution in [3.63, 3.8) is 0 Å². The van der Waals surface area contributed by atoms with Gasteiger partial charge in [0.15, 0.2) is 6.61 Å². The Morgan fingerprint density at radius 3 is 2.67 bits per heavy atom. The van der Waals surface area contributed by atoms with Crippen molar-refractivity contribution in [1.29, 1.82) is 0 Å². The molecule has 1 fully saturated rings. The maximum absolute atomic E-state index is 12.5. The number of likely N-dealkylation sites (tertiary alicyclic amines) is 1. The summed E-state index contributed by atoms with van der Waals surface area (Å²) >= 11 is 0. The number of aliphatic hydroxyl groups is 1. The molecule has 1 N–H and O–H groups in total. The highest BCUT2D eigenvalue weighted by atomic mass is 16.5. The first-order valence-electron chi connectivity index (χ1n) is 9.64. The molecule has 1 saturated heterocycles. The second-order valence-corrected chi connectivity index (χ2v) is 7.21. The van der Waals surface area contributed by atoms with Gasteiger partial charge >= 0.3 is 0 Å². The van der Waals surface area contributed by atoms with E-state index in [0.29, 0.717) is 11.7 Å². The summed E-state index contributed by atoms with van der Waals surface area (Å²) in [6.07, 6.45) is 2.75. The van der Waals surface area contributed by atoms with Crippen LogP contribution in [0.3, 0.4) is 0 Å². The van der Waals surface area contributed by atoms with E-state index in [0.717, 1.165) is 49.3 Å². The summed E-state index contributed by atoms with van der Waals surface area (Å²) in [6, 6.07) is 11.9. The zero-order chi connectivity index (χ0) is 19.2. The van der Waals surface area contributed by atoms with Gasteiger partial charge in [0.25, 0.3) is 5.91 Å². The molecular formula is C22H28N2O3. The first-order valence-corrected chi connectivity index (χ1v) is 9.64. The van der Waals surface area contributed by atoms with Gasteiger partial charge < -0.3 is 14.7 Å². The summed E-state index contributed by atoms with van der Waals surface area (Å²) in [7, 11) is 0. The van der Waals surface area contributed by atoms with Crippen LogP contribution >= 0.6 is 0 Å².